The highest BCUT2D eigenvalue weighted by atomic mass is 16.1. The van der Waals surface area contributed by atoms with Gasteiger partial charge in [0.05, 0.1) is 0 Å². The van der Waals surface area contributed by atoms with Crippen LogP contribution in [0.2, 0.25) is 0 Å². The maximum atomic E-state index is 11.8. The Hall–Kier alpha value is -1.92. The lowest BCUT2D eigenvalue weighted by atomic mass is 9.81. The number of aliphatic imine (C=N–C) groups is 1. The van der Waals surface area contributed by atoms with Crippen molar-refractivity contribution >= 4 is 17.4 Å². The average Bonchev–Trinajstić information content (AvgIpc) is 2.70. The van der Waals surface area contributed by atoms with Gasteiger partial charge < -0.3 is 21.3 Å². The topological polar surface area (TPSA) is 82.8 Å². The van der Waals surface area contributed by atoms with Crippen LogP contribution in [0.25, 0.3) is 0 Å². The molecule has 2 fully saturated rings. The molecule has 0 aromatic heterocycles. The molecule has 1 aromatic carbocycles. The molecule has 0 spiro atoms. The quantitative estimate of drug-likeness (QED) is 0.403. The van der Waals surface area contributed by atoms with E-state index in [1.54, 1.807) is 6.92 Å². The van der Waals surface area contributed by atoms with Gasteiger partial charge in [0, 0.05) is 43.0 Å². The molecule has 2 aliphatic rings. The highest BCUT2D eigenvalue weighted by molar-refractivity contribution is 5.98. The van der Waals surface area contributed by atoms with Gasteiger partial charge in [-0.15, -0.1) is 0 Å². The molecule has 4 unspecified atom stereocenters. The van der Waals surface area contributed by atoms with Crippen molar-refractivity contribution in [2.24, 2.45) is 22.6 Å². The average molecular weight is 400 g/mol. The summed E-state index contributed by atoms with van der Waals surface area (Å²) in [5, 5.41) is 7.11. The van der Waals surface area contributed by atoms with Crippen LogP contribution in [0.5, 0.6) is 0 Å². The summed E-state index contributed by atoms with van der Waals surface area (Å²) in [4.78, 5) is 19.2. The number of anilines is 1. The fraction of sp³-hybridized carbons (Fsp3) is 0.652. The molecule has 1 aliphatic heterocycles. The van der Waals surface area contributed by atoms with Gasteiger partial charge in [-0.3, -0.25) is 9.79 Å². The second-order valence-corrected chi connectivity index (χ2v) is 8.93. The van der Waals surface area contributed by atoms with Crippen LogP contribution in [0.15, 0.2) is 29.3 Å². The Morgan fingerprint density at radius 2 is 1.97 bits per heavy atom. The van der Waals surface area contributed by atoms with Crippen molar-refractivity contribution in [2.45, 2.75) is 58.5 Å². The molecule has 4 N–H and O–H groups in total. The standard InChI is InChI=1S/C23H37N5O/c1-16-14-28(15-17(2)26-16)23(25-13-20-7-4-6-19(10-20)12-24)27-22-9-5-8-21(11-22)18(3)29/h5,8-9,11,16-17,19-20,26H,4,6-7,10,12-15,24H2,1-3H3,(H,25,27). The molecule has 6 nitrogen and oxygen atoms in total. The van der Waals surface area contributed by atoms with E-state index < -0.39 is 0 Å². The summed E-state index contributed by atoms with van der Waals surface area (Å²) in [5.74, 6) is 2.25. The van der Waals surface area contributed by atoms with E-state index in [0.717, 1.165) is 43.4 Å². The summed E-state index contributed by atoms with van der Waals surface area (Å²) < 4.78 is 0. The Morgan fingerprint density at radius 1 is 1.24 bits per heavy atom. The Morgan fingerprint density at radius 3 is 2.66 bits per heavy atom. The predicted molar refractivity (Wildman–Crippen MR) is 121 cm³/mol. The molecule has 1 saturated carbocycles. The molecule has 1 aromatic rings. The number of carbonyl (C=O) groups is 1. The number of nitrogens with one attached hydrogen (secondary N) is 2. The molecule has 0 radical (unpaired) electrons. The number of nitrogens with two attached hydrogens (primary N) is 1. The predicted octanol–water partition coefficient (Wildman–Crippen LogP) is 3.10. The van der Waals surface area contributed by atoms with Gasteiger partial charge in [0.1, 0.15) is 0 Å². The van der Waals surface area contributed by atoms with Crippen molar-refractivity contribution < 1.29 is 4.79 Å². The number of rotatable bonds is 5. The molecule has 6 heteroatoms. The second-order valence-electron chi connectivity index (χ2n) is 8.93. The van der Waals surface area contributed by atoms with E-state index in [2.05, 4.69) is 29.4 Å². The molecule has 29 heavy (non-hydrogen) atoms. The van der Waals surface area contributed by atoms with Gasteiger partial charge in [-0.05, 0) is 70.5 Å². The zero-order valence-corrected chi connectivity index (χ0v) is 18.2. The van der Waals surface area contributed by atoms with E-state index in [0.29, 0.717) is 23.9 Å². The van der Waals surface area contributed by atoms with Crippen LogP contribution in [0, 0.1) is 11.8 Å². The van der Waals surface area contributed by atoms with Crippen molar-refractivity contribution in [3.63, 3.8) is 0 Å². The van der Waals surface area contributed by atoms with Gasteiger partial charge in [-0.25, -0.2) is 0 Å². The third-order valence-electron chi connectivity index (χ3n) is 6.11. The lowest BCUT2D eigenvalue weighted by molar-refractivity contribution is 0.101. The number of ketones is 1. The first kappa shape index (κ1) is 21.8. The van der Waals surface area contributed by atoms with Crippen molar-refractivity contribution in [2.75, 3.05) is 31.5 Å². The van der Waals surface area contributed by atoms with Crippen molar-refractivity contribution in [1.82, 2.24) is 10.2 Å². The van der Waals surface area contributed by atoms with E-state index in [1.807, 2.05) is 24.3 Å². The van der Waals surface area contributed by atoms with Crippen LogP contribution in [-0.4, -0.2) is 54.9 Å². The van der Waals surface area contributed by atoms with Crippen LogP contribution in [0.4, 0.5) is 5.69 Å². The first-order chi connectivity index (χ1) is 13.9. The number of hydrogen-bond acceptors (Lipinski definition) is 4. The number of hydrogen-bond donors (Lipinski definition) is 3. The Bertz CT molecular complexity index is 709. The largest absolute Gasteiger partial charge is 0.340 e. The van der Waals surface area contributed by atoms with Crippen LogP contribution < -0.4 is 16.4 Å². The van der Waals surface area contributed by atoms with E-state index in [4.69, 9.17) is 10.7 Å². The minimum Gasteiger partial charge on any atom is -0.340 e. The van der Waals surface area contributed by atoms with Crippen molar-refractivity contribution in [1.29, 1.82) is 0 Å². The van der Waals surface area contributed by atoms with Crippen LogP contribution in [-0.2, 0) is 0 Å². The van der Waals surface area contributed by atoms with Gasteiger partial charge in [-0.2, -0.15) is 0 Å². The summed E-state index contributed by atoms with van der Waals surface area (Å²) in [6.45, 7) is 9.48. The van der Waals surface area contributed by atoms with Gasteiger partial charge in [-0.1, -0.05) is 18.6 Å². The normalized spacial score (nSPS) is 28.3. The zero-order valence-electron chi connectivity index (χ0n) is 18.2. The Kier molecular flexibility index (Phi) is 7.67. The number of nitrogens with zero attached hydrogens (tertiary/aromatic N) is 2. The third kappa shape index (κ3) is 6.28. The zero-order chi connectivity index (χ0) is 20.8. The number of guanidine groups is 1. The summed E-state index contributed by atoms with van der Waals surface area (Å²) >= 11 is 0. The van der Waals surface area contributed by atoms with Crippen molar-refractivity contribution in [3.05, 3.63) is 29.8 Å². The van der Waals surface area contributed by atoms with E-state index in [9.17, 15) is 4.79 Å². The first-order valence-corrected chi connectivity index (χ1v) is 11.1. The number of piperazine rings is 1. The fourth-order valence-electron chi connectivity index (χ4n) is 4.66. The fourth-order valence-corrected chi connectivity index (χ4v) is 4.66. The lowest BCUT2D eigenvalue weighted by Gasteiger charge is -2.38. The summed E-state index contributed by atoms with van der Waals surface area (Å²) in [6, 6.07) is 8.51. The molecule has 160 valence electrons. The summed E-state index contributed by atoms with van der Waals surface area (Å²) in [6.07, 6.45) is 4.93. The van der Waals surface area contributed by atoms with Gasteiger partial charge in [0.2, 0.25) is 0 Å². The molecule has 1 heterocycles. The van der Waals surface area contributed by atoms with E-state index in [1.165, 1.54) is 25.7 Å². The summed E-state index contributed by atoms with van der Waals surface area (Å²) in [5.41, 5.74) is 7.55. The van der Waals surface area contributed by atoms with Gasteiger partial charge >= 0.3 is 0 Å². The highest BCUT2D eigenvalue weighted by Crippen LogP contribution is 2.28. The van der Waals surface area contributed by atoms with Crippen molar-refractivity contribution in [3.8, 4) is 0 Å². The first-order valence-electron chi connectivity index (χ1n) is 11.1. The molecular formula is C23H37N5O. The van der Waals surface area contributed by atoms with Crippen LogP contribution in [0.1, 0.15) is 56.8 Å². The molecule has 4 atom stereocenters. The lowest BCUT2D eigenvalue weighted by Crippen LogP contribution is -2.57. The van der Waals surface area contributed by atoms with Gasteiger partial charge in [0.15, 0.2) is 11.7 Å². The second kappa shape index (κ2) is 10.2. The molecule has 1 aliphatic carbocycles. The number of benzene rings is 1. The van der Waals surface area contributed by atoms with Crippen LogP contribution in [0.3, 0.4) is 0 Å². The summed E-state index contributed by atoms with van der Waals surface area (Å²) in [7, 11) is 0. The Labute approximate surface area is 175 Å². The molecule has 1 saturated heterocycles. The maximum absolute atomic E-state index is 11.8. The van der Waals surface area contributed by atoms with Gasteiger partial charge in [0.25, 0.3) is 0 Å². The number of Topliss-reactive ketones (excluding diaryl/α,β-unsaturated/α-hetero) is 1. The smallest absolute Gasteiger partial charge is 0.198 e. The molecular weight excluding hydrogens is 362 g/mol. The molecule has 3 rings (SSSR count). The highest BCUT2D eigenvalue weighted by Gasteiger charge is 2.25. The van der Waals surface area contributed by atoms with E-state index >= 15 is 0 Å². The maximum Gasteiger partial charge on any atom is 0.198 e. The SMILES string of the molecule is CC(=O)c1cccc(NC(=NCC2CCCC(CN)C2)N2CC(C)NC(C)C2)c1. The van der Waals surface area contributed by atoms with Crippen LogP contribution >= 0.6 is 0 Å². The molecule has 0 bridgehead atoms. The third-order valence-corrected chi connectivity index (χ3v) is 6.11. The number of carbonyl (C=O) groups excluding carboxylic acids is 1. The Balaban J connectivity index is 1.77. The minimum absolute atomic E-state index is 0.0755. The monoisotopic (exact) mass is 399 g/mol. The minimum atomic E-state index is 0.0755. The van der Waals surface area contributed by atoms with E-state index in [-0.39, 0.29) is 5.78 Å². The molecule has 0 amide bonds.